The fourth-order valence-electron chi connectivity index (χ4n) is 4.16. The Morgan fingerprint density at radius 2 is 1.96 bits per heavy atom. The summed E-state index contributed by atoms with van der Waals surface area (Å²) in [6.45, 7) is 2.07. The minimum atomic E-state index is 0.0163. The van der Waals surface area contributed by atoms with Gasteiger partial charge in [-0.25, -0.2) is 4.98 Å². The van der Waals surface area contributed by atoms with Crippen LogP contribution in [0.15, 0.2) is 47.3 Å². The average Bonchev–Trinajstić information content (AvgIpc) is 3.06. The van der Waals surface area contributed by atoms with E-state index in [1.165, 1.54) is 11.3 Å². The van der Waals surface area contributed by atoms with Gasteiger partial charge in [-0.3, -0.25) is 9.59 Å². The number of fused-ring (bicyclic) bond motifs is 5. The summed E-state index contributed by atoms with van der Waals surface area (Å²) in [5.41, 5.74) is 2.01. The number of likely N-dealkylation sites (tertiary alicyclic amines) is 1. The molecule has 0 N–H and O–H groups in total. The molecule has 2 aliphatic rings. The van der Waals surface area contributed by atoms with Crippen LogP contribution in [0.4, 0.5) is 0 Å². The van der Waals surface area contributed by atoms with Gasteiger partial charge < -0.3 is 9.47 Å². The van der Waals surface area contributed by atoms with Crippen LogP contribution >= 0.6 is 11.3 Å². The second-order valence-corrected chi connectivity index (χ2v) is 7.93. The number of amides is 1. The van der Waals surface area contributed by atoms with Crippen LogP contribution in [-0.4, -0.2) is 33.4 Å². The Morgan fingerprint density at radius 3 is 2.84 bits per heavy atom. The number of rotatable bonds is 1. The van der Waals surface area contributed by atoms with Crippen molar-refractivity contribution in [2.24, 2.45) is 5.92 Å². The van der Waals surface area contributed by atoms with Crippen molar-refractivity contribution in [3.8, 4) is 0 Å². The second kappa shape index (κ2) is 5.52. The first-order valence-corrected chi connectivity index (χ1v) is 9.35. The van der Waals surface area contributed by atoms with Crippen LogP contribution < -0.4 is 5.56 Å². The predicted molar refractivity (Wildman–Crippen MR) is 97.1 cm³/mol. The van der Waals surface area contributed by atoms with Crippen LogP contribution in [0.1, 0.15) is 27.8 Å². The largest absolute Gasteiger partial charge is 0.336 e. The molecule has 3 aromatic rings. The van der Waals surface area contributed by atoms with E-state index in [2.05, 4.69) is 4.98 Å². The Kier molecular flexibility index (Phi) is 3.28. The number of hydrogen-bond donors (Lipinski definition) is 0. The molecule has 2 bridgehead atoms. The lowest BCUT2D eigenvalue weighted by atomic mass is 9.83. The van der Waals surface area contributed by atoms with E-state index < -0.39 is 0 Å². The summed E-state index contributed by atoms with van der Waals surface area (Å²) in [5.74, 6) is 0.590. The molecule has 5 nitrogen and oxygen atoms in total. The van der Waals surface area contributed by atoms with E-state index >= 15 is 0 Å². The first kappa shape index (κ1) is 14.8. The summed E-state index contributed by atoms with van der Waals surface area (Å²) >= 11 is 1.46. The van der Waals surface area contributed by atoms with Crippen molar-refractivity contribution < 1.29 is 4.79 Å². The Balaban J connectivity index is 1.46. The number of nitrogens with zero attached hydrogens (tertiary/aromatic N) is 3. The van der Waals surface area contributed by atoms with Crippen LogP contribution in [-0.2, 0) is 6.54 Å². The summed E-state index contributed by atoms with van der Waals surface area (Å²) < 4.78 is 2.93. The molecule has 25 heavy (non-hydrogen) atoms. The number of benzene rings is 1. The highest BCUT2D eigenvalue weighted by Gasteiger charge is 2.37. The number of thiazole rings is 1. The number of para-hydroxylation sites is 1. The quantitative estimate of drug-likeness (QED) is 0.677. The molecule has 0 radical (unpaired) electrons. The van der Waals surface area contributed by atoms with Crippen LogP contribution in [0.3, 0.4) is 0 Å². The van der Waals surface area contributed by atoms with E-state index in [1.54, 1.807) is 6.07 Å². The van der Waals surface area contributed by atoms with Gasteiger partial charge in [0.05, 0.1) is 10.2 Å². The number of pyridine rings is 1. The number of piperidine rings is 1. The molecule has 6 heteroatoms. The molecule has 2 aromatic heterocycles. The van der Waals surface area contributed by atoms with E-state index in [9.17, 15) is 9.59 Å². The van der Waals surface area contributed by atoms with Crippen molar-refractivity contribution >= 4 is 27.5 Å². The molecule has 2 unspecified atom stereocenters. The van der Waals surface area contributed by atoms with Crippen LogP contribution in [0.5, 0.6) is 0 Å². The van der Waals surface area contributed by atoms with Crippen molar-refractivity contribution in [3.05, 3.63) is 63.5 Å². The van der Waals surface area contributed by atoms with Gasteiger partial charge in [0.1, 0.15) is 0 Å². The fraction of sp³-hybridized carbons (Fsp3) is 0.316. The first-order valence-electron chi connectivity index (χ1n) is 8.53. The Labute approximate surface area is 148 Å². The molecule has 5 rings (SSSR count). The van der Waals surface area contributed by atoms with Crippen molar-refractivity contribution in [2.45, 2.75) is 18.9 Å². The Bertz CT molecular complexity index is 1010. The topological polar surface area (TPSA) is 55.2 Å². The second-order valence-electron chi connectivity index (χ2n) is 6.90. The van der Waals surface area contributed by atoms with Crippen LogP contribution in [0, 0.1) is 5.92 Å². The first-order chi connectivity index (χ1) is 12.2. The summed E-state index contributed by atoms with van der Waals surface area (Å²) in [5, 5.41) is 0.562. The smallest absolute Gasteiger partial charge is 0.282 e. The average molecular weight is 351 g/mol. The highest BCUT2D eigenvalue weighted by molar-refractivity contribution is 7.20. The van der Waals surface area contributed by atoms with Crippen molar-refractivity contribution in [1.29, 1.82) is 0 Å². The maximum Gasteiger partial charge on any atom is 0.282 e. The van der Waals surface area contributed by atoms with Crippen molar-refractivity contribution in [1.82, 2.24) is 14.5 Å². The van der Waals surface area contributed by atoms with Gasteiger partial charge >= 0.3 is 0 Å². The molecule has 0 aliphatic carbocycles. The fourth-order valence-corrected chi connectivity index (χ4v) is 5.09. The number of hydrogen-bond acceptors (Lipinski definition) is 4. The summed E-state index contributed by atoms with van der Waals surface area (Å²) in [7, 11) is 0. The molecular weight excluding hydrogens is 334 g/mol. The van der Waals surface area contributed by atoms with Crippen molar-refractivity contribution in [3.63, 3.8) is 0 Å². The molecular formula is C19H17N3O2S. The molecule has 1 saturated heterocycles. The number of carbonyl (C=O) groups is 1. The number of carbonyl (C=O) groups excluding carboxylic acids is 1. The third kappa shape index (κ3) is 2.40. The molecule has 126 valence electrons. The van der Waals surface area contributed by atoms with E-state index in [4.69, 9.17) is 0 Å². The highest BCUT2D eigenvalue weighted by Crippen LogP contribution is 2.36. The monoisotopic (exact) mass is 351 g/mol. The summed E-state index contributed by atoms with van der Waals surface area (Å²) in [4.78, 5) is 31.5. The minimum Gasteiger partial charge on any atom is -0.336 e. The minimum absolute atomic E-state index is 0.0163. The molecule has 4 heterocycles. The molecule has 2 atom stereocenters. The van der Waals surface area contributed by atoms with Crippen molar-refractivity contribution in [2.75, 3.05) is 13.1 Å². The van der Waals surface area contributed by atoms with Gasteiger partial charge in [-0.2, -0.15) is 0 Å². The summed E-state index contributed by atoms with van der Waals surface area (Å²) in [6.07, 6.45) is 1.05. The predicted octanol–water partition coefficient (Wildman–Crippen LogP) is 2.72. The molecule has 0 spiro atoms. The lowest BCUT2D eigenvalue weighted by Gasteiger charge is -2.42. The molecule has 1 aromatic carbocycles. The zero-order valence-electron chi connectivity index (χ0n) is 13.6. The Morgan fingerprint density at radius 1 is 1.08 bits per heavy atom. The maximum absolute atomic E-state index is 13.0. The van der Waals surface area contributed by atoms with Gasteiger partial charge in [-0.05, 0) is 30.5 Å². The highest BCUT2D eigenvalue weighted by atomic mass is 32.1. The maximum atomic E-state index is 13.0. The van der Waals surface area contributed by atoms with Gasteiger partial charge in [0.2, 0.25) is 0 Å². The SMILES string of the molecule is O=C(c1nc2ccccc2s1)N1CC2CC(C1)c1cccc(=O)n1C2. The zero-order chi connectivity index (χ0) is 17.0. The standard InChI is InChI=1S/C19H17N3O2S/c23-17-7-3-5-15-13-8-12(10-22(15)17)9-21(11-13)19(24)18-20-14-4-1-2-6-16(14)25-18/h1-7,12-13H,8-11H2. The molecule has 2 aliphatic heterocycles. The van der Waals surface area contributed by atoms with Gasteiger partial charge in [-0.15, -0.1) is 11.3 Å². The van der Waals surface area contributed by atoms with E-state index in [-0.39, 0.29) is 17.4 Å². The lowest BCUT2D eigenvalue weighted by Crippen LogP contribution is -2.49. The normalized spacial score (nSPS) is 22.0. The molecule has 1 amide bonds. The lowest BCUT2D eigenvalue weighted by molar-refractivity contribution is 0.0594. The van der Waals surface area contributed by atoms with E-state index in [0.717, 1.165) is 22.3 Å². The van der Waals surface area contributed by atoms with Gasteiger partial charge in [-0.1, -0.05) is 18.2 Å². The third-order valence-corrected chi connectivity index (χ3v) is 6.27. The van der Waals surface area contributed by atoms with Gasteiger partial charge in [0, 0.05) is 37.3 Å². The van der Waals surface area contributed by atoms with Gasteiger partial charge in [0.15, 0.2) is 5.01 Å². The number of aromatic nitrogens is 2. The van der Waals surface area contributed by atoms with Crippen LogP contribution in [0.2, 0.25) is 0 Å². The Hall–Kier alpha value is -2.47. The third-order valence-electron chi connectivity index (χ3n) is 5.24. The van der Waals surface area contributed by atoms with E-state index in [0.29, 0.717) is 30.6 Å². The van der Waals surface area contributed by atoms with E-state index in [1.807, 2.05) is 45.9 Å². The molecule has 1 fully saturated rings. The summed E-state index contributed by atoms with van der Waals surface area (Å²) in [6, 6.07) is 13.3. The van der Waals surface area contributed by atoms with Gasteiger partial charge in [0.25, 0.3) is 11.5 Å². The molecule has 0 saturated carbocycles. The van der Waals surface area contributed by atoms with Crippen LogP contribution in [0.25, 0.3) is 10.2 Å². The zero-order valence-corrected chi connectivity index (χ0v) is 14.4.